The predicted molar refractivity (Wildman–Crippen MR) is 117 cm³/mol. The van der Waals surface area contributed by atoms with Gasteiger partial charge in [-0.15, -0.1) is 0 Å². The van der Waals surface area contributed by atoms with Crippen molar-refractivity contribution in [3.05, 3.63) is 101 Å². The Hall–Kier alpha value is -4.24. The molecule has 6 heteroatoms. The van der Waals surface area contributed by atoms with E-state index in [0.29, 0.717) is 18.0 Å². The minimum absolute atomic E-state index is 0.0292. The number of rotatable bonds is 3. The van der Waals surface area contributed by atoms with E-state index in [9.17, 15) is 10.4 Å². The fraction of sp³-hybridized carbons (Fsp3) is 0.120. The van der Waals surface area contributed by atoms with Crippen LogP contribution in [0.4, 0.5) is 0 Å². The first kappa shape index (κ1) is 18.8. The van der Waals surface area contributed by atoms with Crippen molar-refractivity contribution in [1.82, 2.24) is 9.78 Å². The topological polar surface area (TPSA) is 97.1 Å². The summed E-state index contributed by atoms with van der Waals surface area (Å²) >= 11 is 0. The molecule has 3 N–H and O–H groups in total. The first-order valence-corrected chi connectivity index (χ1v) is 9.98. The lowest BCUT2D eigenvalue weighted by Gasteiger charge is -2.26. The van der Waals surface area contributed by atoms with Crippen molar-refractivity contribution >= 4 is 10.8 Å². The van der Waals surface area contributed by atoms with E-state index in [1.54, 1.807) is 10.7 Å². The quantitative estimate of drug-likeness (QED) is 0.526. The van der Waals surface area contributed by atoms with Gasteiger partial charge >= 0.3 is 0 Å². The van der Waals surface area contributed by atoms with Gasteiger partial charge in [0.05, 0.1) is 23.7 Å². The Labute approximate surface area is 179 Å². The van der Waals surface area contributed by atoms with E-state index in [2.05, 4.69) is 6.07 Å². The largest absolute Gasteiger partial charge is 0.508 e. The number of allylic oxidation sites excluding steroid dienone is 1. The SMILES string of the molecule is Cc1nn(Cc2ccccc2)c2c1C(c1c(O)ccc3ccccc13)C(C#N)=C(N)O2. The standard InChI is InChI=1S/C25H20N4O2/c1-15-21-23(22-18-10-6-5-9-17(18)11-12-20(22)30)19(13-26)24(27)31-25(21)29(28-15)14-16-7-3-2-4-8-16/h2-12,23,30H,14,27H2,1H3. The molecule has 5 rings (SSSR count). The summed E-state index contributed by atoms with van der Waals surface area (Å²) in [6.45, 7) is 2.38. The molecule has 3 aromatic carbocycles. The van der Waals surface area contributed by atoms with Crippen LogP contribution in [-0.2, 0) is 6.54 Å². The van der Waals surface area contributed by atoms with Crippen molar-refractivity contribution in [1.29, 1.82) is 5.26 Å². The molecular formula is C25H20N4O2. The maximum absolute atomic E-state index is 10.9. The van der Waals surface area contributed by atoms with Crippen LogP contribution in [0.3, 0.4) is 0 Å². The normalized spacial score (nSPS) is 15.4. The first-order valence-electron chi connectivity index (χ1n) is 9.98. The second kappa shape index (κ2) is 7.22. The number of aryl methyl sites for hydroxylation is 1. The van der Waals surface area contributed by atoms with Crippen molar-refractivity contribution in [2.45, 2.75) is 19.4 Å². The number of phenolic OH excluding ortho intramolecular Hbond substituents is 1. The number of aromatic nitrogens is 2. The monoisotopic (exact) mass is 408 g/mol. The Bertz CT molecular complexity index is 1380. The van der Waals surface area contributed by atoms with Crippen LogP contribution in [0.15, 0.2) is 78.2 Å². The first-order chi connectivity index (χ1) is 15.1. The highest BCUT2D eigenvalue weighted by Crippen LogP contribution is 2.48. The molecule has 0 amide bonds. The van der Waals surface area contributed by atoms with E-state index in [0.717, 1.165) is 27.6 Å². The summed E-state index contributed by atoms with van der Waals surface area (Å²) in [4.78, 5) is 0. The lowest BCUT2D eigenvalue weighted by Crippen LogP contribution is -2.22. The van der Waals surface area contributed by atoms with E-state index < -0.39 is 5.92 Å². The minimum atomic E-state index is -0.579. The summed E-state index contributed by atoms with van der Waals surface area (Å²) in [6.07, 6.45) is 0. The molecule has 1 atom stereocenters. The number of nitrogens with zero attached hydrogens (tertiary/aromatic N) is 3. The lowest BCUT2D eigenvalue weighted by molar-refractivity contribution is 0.351. The number of ether oxygens (including phenoxy) is 1. The van der Waals surface area contributed by atoms with Crippen LogP contribution >= 0.6 is 0 Å². The van der Waals surface area contributed by atoms with E-state index in [1.165, 1.54) is 0 Å². The van der Waals surface area contributed by atoms with Crippen molar-refractivity contribution in [3.8, 4) is 17.7 Å². The molecule has 0 saturated heterocycles. The summed E-state index contributed by atoms with van der Waals surface area (Å²) in [5, 5.41) is 27.3. The zero-order chi connectivity index (χ0) is 21.5. The number of hydrogen-bond donors (Lipinski definition) is 2. The average Bonchev–Trinajstić information content (AvgIpc) is 3.08. The molecule has 0 fully saturated rings. The Kier molecular flexibility index (Phi) is 4.37. The molecule has 0 aliphatic carbocycles. The molecule has 1 aromatic heterocycles. The molecule has 2 heterocycles. The van der Waals surface area contributed by atoms with Gasteiger partial charge in [-0.25, -0.2) is 4.68 Å². The van der Waals surface area contributed by atoms with E-state index >= 15 is 0 Å². The van der Waals surface area contributed by atoms with Gasteiger partial charge in [0, 0.05) is 5.56 Å². The van der Waals surface area contributed by atoms with Crippen molar-refractivity contribution < 1.29 is 9.84 Å². The Balaban J connectivity index is 1.75. The molecule has 4 aromatic rings. The van der Waals surface area contributed by atoms with Gasteiger partial charge in [0.25, 0.3) is 0 Å². The molecule has 0 bridgehead atoms. The second-order valence-corrected chi connectivity index (χ2v) is 7.59. The third kappa shape index (κ3) is 2.99. The lowest BCUT2D eigenvalue weighted by atomic mass is 9.81. The summed E-state index contributed by atoms with van der Waals surface area (Å²) < 4.78 is 7.68. The highest BCUT2D eigenvalue weighted by molar-refractivity contribution is 5.89. The van der Waals surface area contributed by atoms with Gasteiger partial charge < -0.3 is 15.6 Å². The molecular weight excluding hydrogens is 388 g/mol. The number of aromatic hydroxyl groups is 1. The maximum atomic E-state index is 10.9. The Morgan fingerprint density at radius 3 is 2.58 bits per heavy atom. The molecule has 6 nitrogen and oxygen atoms in total. The van der Waals surface area contributed by atoms with Crippen LogP contribution in [-0.4, -0.2) is 14.9 Å². The number of benzene rings is 3. The number of nitriles is 1. The molecule has 0 spiro atoms. The van der Waals surface area contributed by atoms with Gasteiger partial charge in [0.15, 0.2) is 0 Å². The summed E-state index contributed by atoms with van der Waals surface area (Å²) in [7, 11) is 0. The van der Waals surface area contributed by atoms with Gasteiger partial charge in [-0.05, 0) is 29.3 Å². The highest BCUT2D eigenvalue weighted by Gasteiger charge is 2.37. The van der Waals surface area contributed by atoms with Crippen molar-refractivity contribution in [2.75, 3.05) is 0 Å². The van der Waals surface area contributed by atoms with Crippen molar-refractivity contribution in [2.24, 2.45) is 5.73 Å². The number of hydrogen-bond acceptors (Lipinski definition) is 5. The van der Waals surface area contributed by atoms with Crippen LogP contribution in [0.25, 0.3) is 10.8 Å². The average molecular weight is 408 g/mol. The minimum Gasteiger partial charge on any atom is -0.508 e. The molecule has 1 aliphatic rings. The third-order valence-electron chi connectivity index (χ3n) is 5.71. The van der Waals surface area contributed by atoms with Gasteiger partial charge in [-0.1, -0.05) is 60.7 Å². The zero-order valence-electron chi connectivity index (χ0n) is 16.9. The van der Waals surface area contributed by atoms with Crippen LogP contribution < -0.4 is 10.5 Å². The summed E-state index contributed by atoms with van der Waals surface area (Å²) in [5.41, 5.74) is 9.64. The highest BCUT2D eigenvalue weighted by atomic mass is 16.5. The second-order valence-electron chi connectivity index (χ2n) is 7.59. The van der Waals surface area contributed by atoms with E-state index in [4.69, 9.17) is 15.6 Å². The van der Waals surface area contributed by atoms with Crippen LogP contribution in [0, 0.1) is 18.3 Å². The molecule has 0 saturated carbocycles. The third-order valence-corrected chi connectivity index (χ3v) is 5.71. The molecule has 152 valence electrons. The Morgan fingerprint density at radius 2 is 1.81 bits per heavy atom. The Morgan fingerprint density at radius 1 is 1.06 bits per heavy atom. The fourth-order valence-corrected chi connectivity index (χ4v) is 4.32. The number of phenols is 1. The van der Waals surface area contributed by atoms with Gasteiger partial charge in [-0.2, -0.15) is 10.4 Å². The molecule has 1 unspecified atom stereocenters. The van der Waals surface area contributed by atoms with E-state index in [-0.39, 0.29) is 17.2 Å². The summed E-state index contributed by atoms with van der Waals surface area (Å²) in [6, 6.07) is 23.4. The predicted octanol–water partition coefficient (Wildman–Crippen LogP) is 4.32. The summed E-state index contributed by atoms with van der Waals surface area (Å²) in [5.74, 6) is 0.0495. The van der Waals surface area contributed by atoms with Crippen LogP contribution in [0.2, 0.25) is 0 Å². The fourth-order valence-electron chi connectivity index (χ4n) is 4.32. The van der Waals surface area contributed by atoms with Crippen LogP contribution in [0.1, 0.15) is 28.3 Å². The molecule has 31 heavy (non-hydrogen) atoms. The molecule has 1 aliphatic heterocycles. The smallest absolute Gasteiger partial charge is 0.224 e. The maximum Gasteiger partial charge on any atom is 0.224 e. The van der Waals surface area contributed by atoms with Gasteiger partial charge in [0.1, 0.15) is 17.4 Å². The van der Waals surface area contributed by atoms with Gasteiger partial charge in [-0.3, -0.25) is 0 Å². The molecule has 0 radical (unpaired) electrons. The zero-order valence-corrected chi connectivity index (χ0v) is 16.9. The number of nitrogens with two attached hydrogens (primary N) is 1. The van der Waals surface area contributed by atoms with Gasteiger partial charge in [0.2, 0.25) is 11.8 Å². The van der Waals surface area contributed by atoms with Crippen molar-refractivity contribution in [3.63, 3.8) is 0 Å². The van der Waals surface area contributed by atoms with E-state index in [1.807, 2.05) is 67.6 Å². The number of fused-ring (bicyclic) bond motifs is 2. The van der Waals surface area contributed by atoms with Crippen LogP contribution in [0.5, 0.6) is 11.6 Å².